The largest absolute Gasteiger partial charge is 0.360 e. The van der Waals surface area contributed by atoms with Gasteiger partial charge in [-0.15, -0.1) is 0 Å². The van der Waals surface area contributed by atoms with E-state index in [1.54, 1.807) is 4.90 Å². The molecule has 2 aliphatic heterocycles. The Bertz CT molecular complexity index is 923. The van der Waals surface area contributed by atoms with Crippen molar-refractivity contribution in [3.63, 3.8) is 0 Å². The Kier molecular flexibility index (Phi) is 6.25. The fourth-order valence-corrected chi connectivity index (χ4v) is 4.41. The molecule has 2 fully saturated rings. The van der Waals surface area contributed by atoms with Crippen molar-refractivity contribution in [2.75, 3.05) is 54.4 Å². The quantitative estimate of drug-likeness (QED) is 0.768. The lowest BCUT2D eigenvalue weighted by Gasteiger charge is -2.34. The smallest absolute Gasteiger partial charge is 0.279 e. The second kappa shape index (κ2) is 9.06. The number of hydrogen-bond acceptors (Lipinski definition) is 3. The van der Waals surface area contributed by atoms with Gasteiger partial charge in [0, 0.05) is 35.1 Å². The van der Waals surface area contributed by atoms with E-state index in [0.717, 1.165) is 55.5 Å². The Morgan fingerprint density at radius 2 is 1.83 bits per heavy atom. The average molecular weight is 428 g/mol. The summed E-state index contributed by atoms with van der Waals surface area (Å²) in [6.07, 6.45) is 1.52. The zero-order valence-electron chi connectivity index (χ0n) is 17.3. The molecule has 0 radical (unpaired) electrons. The summed E-state index contributed by atoms with van der Waals surface area (Å²) >= 11 is 6.16. The Morgan fingerprint density at radius 3 is 2.50 bits per heavy atom. The van der Waals surface area contributed by atoms with Gasteiger partial charge in [-0.05, 0) is 55.3 Å². The van der Waals surface area contributed by atoms with Gasteiger partial charge >= 0.3 is 0 Å². The van der Waals surface area contributed by atoms with Gasteiger partial charge in [0.1, 0.15) is 0 Å². The zero-order valence-corrected chi connectivity index (χ0v) is 18.0. The first-order valence-corrected chi connectivity index (χ1v) is 10.9. The highest BCUT2D eigenvalue weighted by Crippen LogP contribution is 2.24. The van der Waals surface area contributed by atoms with Gasteiger partial charge in [0.15, 0.2) is 6.54 Å². The van der Waals surface area contributed by atoms with E-state index < -0.39 is 0 Å². The predicted molar refractivity (Wildman–Crippen MR) is 121 cm³/mol. The summed E-state index contributed by atoms with van der Waals surface area (Å²) in [6, 6.07) is 13.5. The molecule has 7 heteroatoms. The third-order valence-electron chi connectivity index (χ3n) is 5.93. The van der Waals surface area contributed by atoms with Crippen molar-refractivity contribution < 1.29 is 14.5 Å². The molecule has 158 valence electrons. The number of nitrogens with one attached hydrogen (secondary N) is 2. The molecule has 0 unspecified atom stereocenters. The molecule has 2 amide bonds. The van der Waals surface area contributed by atoms with Crippen LogP contribution in [0.25, 0.3) is 0 Å². The molecule has 2 aliphatic rings. The van der Waals surface area contributed by atoms with Gasteiger partial charge in [0.05, 0.1) is 26.2 Å². The number of piperazine rings is 1. The molecule has 0 spiro atoms. The lowest BCUT2D eigenvalue weighted by Crippen LogP contribution is -3.15. The number of amides is 2. The molecule has 6 nitrogen and oxygen atoms in total. The third kappa shape index (κ3) is 4.77. The number of rotatable bonds is 5. The number of halogens is 1. The van der Waals surface area contributed by atoms with Crippen LogP contribution in [0.3, 0.4) is 0 Å². The Labute approximate surface area is 182 Å². The first kappa shape index (κ1) is 20.7. The van der Waals surface area contributed by atoms with E-state index >= 15 is 0 Å². The van der Waals surface area contributed by atoms with Gasteiger partial charge in [-0.2, -0.15) is 0 Å². The summed E-state index contributed by atoms with van der Waals surface area (Å²) in [7, 11) is 0. The summed E-state index contributed by atoms with van der Waals surface area (Å²) < 4.78 is 0. The van der Waals surface area contributed by atoms with Crippen LogP contribution >= 0.6 is 11.6 Å². The van der Waals surface area contributed by atoms with Crippen LogP contribution in [0.1, 0.15) is 18.4 Å². The van der Waals surface area contributed by atoms with E-state index in [1.165, 1.54) is 16.2 Å². The van der Waals surface area contributed by atoms with Crippen molar-refractivity contribution in [1.29, 1.82) is 0 Å². The minimum Gasteiger partial charge on any atom is -0.360 e. The van der Waals surface area contributed by atoms with Gasteiger partial charge in [-0.25, -0.2) is 0 Å². The van der Waals surface area contributed by atoms with Crippen LogP contribution in [0, 0.1) is 6.92 Å². The molecule has 2 aromatic rings. The van der Waals surface area contributed by atoms with Crippen molar-refractivity contribution in [1.82, 2.24) is 0 Å². The van der Waals surface area contributed by atoms with Crippen molar-refractivity contribution in [3.8, 4) is 0 Å². The number of anilines is 3. The predicted octanol–water partition coefficient (Wildman–Crippen LogP) is 2.12. The fraction of sp³-hybridized carbons (Fsp3) is 0.391. The number of quaternary nitrogens is 1. The molecule has 2 N–H and O–H groups in total. The van der Waals surface area contributed by atoms with Crippen molar-refractivity contribution in [2.45, 2.75) is 19.8 Å². The lowest BCUT2D eigenvalue weighted by molar-refractivity contribution is -0.892. The molecule has 4 rings (SSSR count). The summed E-state index contributed by atoms with van der Waals surface area (Å²) in [5.41, 5.74) is 4.07. The highest BCUT2D eigenvalue weighted by atomic mass is 35.5. The van der Waals surface area contributed by atoms with Crippen LogP contribution in [0.4, 0.5) is 17.1 Å². The summed E-state index contributed by atoms with van der Waals surface area (Å²) in [4.78, 5) is 29.8. The molecule has 30 heavy (non-hydrogen) atoms. The average Bonchev–Trinajstić information content (AvgIpc) is 3.17. The number of hydrogen-bond donors (Lipinski definition) is 2. The van der Waals surface area contributed by atoms with Gasteiger partial charge in [-0.3, -0.25) is 9.59 Å². The van der Waals surface area contributed by atoms with Crippen molar-refractivity contribution >= 4 is 40.5 Å². The highest BCUT2D eigenvalue weighted by molar-refractivity contribution is 6.30. The van der Waals surface area contributed by atoms with Gasteiger partial charge in [0.2, 0.25) is 5.91 Å². The Morgan fingerprint density at radius 1 is 1.10 bits per heavy atom. The van der Waals surface area contributed by atoms with Crippen LogP contribution < -0.4 is 20.0 Å². The van der Waals surface area contributed by atoms with Crippen LogP contribution in [-0.4, -0.2) is 51.1 Å². The normalized spacial score (nSPS) is 17.5. The first-order chi connectivity index (χ1) is 14.5. The van der Waals surface area contributed by atoms with E-state index in [4.69, 9.17) is 11.6 Å². The highest BCUT2D eigenvalue weighted by Gasteiger charge is 2.24. The molecule has 0 aromatic heterocycles. The topological polar surface area (TPSA) is 57.1 Å². The maximum Gasteiger partial charge on any atom is 0.279 e. The van der Waals surface area contributed by atoms with Gasteiger partial charge in [-0.1, -0.05) is 17.7 Å². The molecule has 2 heterocycles. The maximum absolute atomic E-state index is 12.5. The number of carbonyl (C=O) groups excluding carboxylic acids is 2. The third-order valence-corrected chi connectivity index (χ3v) is 6.16. The fourth-order valence-electron chi connectivity index (χ4n) is 4.24. The Hall–Kier alpha value is -2.57. The number of aryl methyl sites for hydroxylation is 1. The van der Waals surface area contributed by atoms with Crippen molar-refractivity contribution in [2.24, 2.45) is 0 Å². The van der Waals surface area contributed by atoms with Crippen LogP contribution in [-0.2, 0) is 9.59 Å². The molecule has 2 saturated heterocycles. The van der Waals surface area contributed by atoms with E-state index in [0.29, 0.717) is 13.0 Å². The minimum absolute atomic E-state index is 0.0161. The van der Waals surface area contributed by atoms with E-state index in [2.05, 4.69) is 23.2 Å². The molecule has 0 aliphatic carbocycles. The standard InChI is InChI=1S/C23H27ClN4O2/c1-17-4-5-18(24)15-21(17)27-13-11-26(12-14-27)16-22(29)25-19-6-8-20(9-7-19)28-10-2-3-23(28)30/h4-9,15H,2-3,10-14,16H2,1H3,(H,25,29)/p+1. The molecule has 0 saturated carbocycles. The minimum atomic E-state index is 0.0161. The molecule has 2 aromatic carbocycles. The maximum atomic E-state index is 12.5. The molecular formula is C23H28ClN4O2+. The van der Waals surface area contributed by atoms with E-state index in [1.807, 2.05) is 36.4 Å². The summed E-state index contributed by atoms with van der Waals surface area (Å²) in [5, 5.41) is 3.74. The van der Waals surface area contributed by atoms with Crippen LogP contribution in [0.15, 0.2) is 42.5 Å². The molecule has 0 atom stereocenters. The number of nitrogens with zero attached hydrogens (tertiary/aromatic N) is 2. The van der Waals surface area contributed by atoms with Crippen molar-refractivity contribution in [3.05, 3.63) is 53.1 Å². The SMILES string of the molecule is Cc1ccc(Cl)cc1N1CC[NH+](CC(=O)Nc2ccc(N3CCCC3=O)cc2)CC1. The summed E-state index contributed by atoms with van der Waals surface area (Å²) in [6.45, 7) is 6.96. The van der Waals surface area contributed by atoms with Crippen LogP contribution in [0.2, 0.25) is 5.02 Å². The van der Waals surface area contributed by atoms with Crippen LogP contribution in [0.5, 0.6) is 0 Å². The second-order valence-corrected chi connectivity index (χ2v) is 8.53. The monoisotopic (exact) mass is 427 g/mol. The molecule has 0 bridgehead atoms. The van der Waals surface area contributed by atoms with Gasteiger partial charge < -0.3 is 20.0 Å². The zero-order chi connectivity index (χ0) is 21.1. The first-order valence-electron chi connectivity index (χ1n) is 10.5. The Balaban J connectivity index is 1.27. The summed E-state index contributed by atoms with van der Waals surface area (Å²) in [5.74, 6) is 0.185. The van der Waals surface area contributed by atoms with Gasteiger partial charge in [0.25, 0.3) is 5.91 Å². The van der Waals surface area contributed by atoms with E-state index in [9.17, 15) is 9.59 Å². The lowest BCUT2D eigenvalue weighted by atomic mass is 10.1. The second-order valence-electron chi connectivity index (χ2n) is 8.09. The molecular weight excluding hydrogens is 400 g/mol. The number of carbonyl (C=O) groups is 2. The van der Waals surface area contributed by atoms with E-state index in [-0.39, 0.29) is 11.8 Å². The number of benzene rings is 2.